The Morgan fingerprint density at radius 2 is 1.90 bits per heavy atom. The Balaban J connectivity index is 2.01. The molecular weight excluding hydrogens is 362 g/mol. The largest absolute Gasteiger partial charge is 0.496 e. The number of para-hydroxylation sites is 1. The van der Waals surface area contributed by atoms with E-state index in [1.807, 2.05) is 24.3 Å². The molecule has 2 aromatic carbocycles. The number of benzene rings is 2. The van der Waals surface area contributed by atoms with Crippen LogP contribution in [0.5, 0.6) is 5.75 Å². The van der Waals surface area contributed by atoms with Gasteiger partial charge in [-0.15, -0.1) is 0 Å². The predicted molar refractivity (Wildman–Crippen MR) is 117 cm³/mol. The van der Waals surface area contributed by atoms with Crippen molar-refractivity contribution in [2.24, 2.45) is 5.10 Å². The van der Waals surface area contributed by atoms with Crippen molar-refractivity contribution in [1.82, 2.24) is 9.91 Å². The fraction of sp³-hybridized carbons (Fsp3) is 0.417. The molecule has 1 amide bonds. The molecule has 3 rings (SSSR count). The number of carbonyl (C=O) groups is 1. The zero-order valence-electron chi connectivity index (χ0n) is 18.1. The fourth-order valence-corrected chi connectivity index (χ4v) is 3.84. The smallest absolute Gasteiger partial charge is 0.257 e. The average Bonchev–Trinajstić information content (AvgIpc) is 3.18. The molecule has 0 bridgehead atoms. The molecule has 5 heteroatoms. The van der Waals surface area contributed by atoms with E-state index in [0.717, 1.165) is 35.7 Å². The predicted octanol–water partition coefficient (Wildman–Crippen LogP) is 4.33. The second-order valence-corrected chi connectivity index (χ2v) is 7.53. The molecule has 1 atom stereocenters. The lowest BCUT2D eigenvalue weighted by Gasteiger charge is -2.26. The molecule has 2 aromatic rings. The van der Waals surface area contributed by atoms with Crippen LogP contribution in [-0.4, -0.2) is 48.3 Å². The van der Waals surface area contributed by atoms with Crippen molar-refractivity contribution in [3.63, 3.8) is 0 Å². The summed E-state index contributed by atoms with van der Waals surface area (Å²) in [5, 5.41) is 6.51. The van der Waals surface area contributed by atoms with E-state index in [0.29, 0.717) is 13.0 Å². The van der Waals surface area contributed by atoms with E-state index in [2.05, 4.69) is 50.8 Å². The van der Waals surface area contributed by atoms with Gasteiger partial charge in [-0.3, -0.25) is 9.69 Å². The summed E-state index contributed by atoms with van der Waals surface area (Å²) >= 11 is 0. The van der Waals surface area contributed by atoms with Gasteiger partial charge in [-0.1, -0.05) is 49.7 Å². The zero-order valence-corrected chi connectivity index (χ0v) is 18.1. The Labute approximate surface area is 174 Å². The summed E-state index contributed by atoms with van der Waals surface area (Å²) in [6.07, 6.45) is 0.675. The minimum atomic E-state index is -0.163. The highest BCUT2D eigenvalue weighted by Crippen LogP contribution is 2.38. The van der Waals surface area contributed by atoms with Crippen molar-refractivity contribution in [2.75, 3.05) is 26.7 Å². The second kappa shape index (κ2) is 9.23. The number of amides is 1. The molecule has 0 aromatic heterocycles. The van der Waals surface area contributed by atoms with Crippen LogP contribution >= 0.6 is 0 Å². The van der Waals surface area contributed by atoms with E-state index in [4.69, 9.17) is 9.84 Å². The van der Waals surface area contributed by atoms with E-state index >= 15 is 0 Å². The van der Waals surface area contributed by atoms with Crippen molar-refractivity contribution in [3.8, 4) is 5.75 Å². The van der Waals surface area contributed by atoms with Gasteiger partial charge < -0.3 is 4.74 Å². The number of hydrogen-bond donors (Lipinski definition) is 0. The molecular formula is C24H31N3O2. The monoisotopic (exact) mass is 393 g/mol. The molecule has 0 saturated carbocycles. The first-order valence-electron chi connectivity index (χ1n) is 10.3. The molecule has 154 valence electrons. The van der Waals surface area contributed by atoms with Crippen LogP contribution in [0.4, 0.5) is 0 Å². The van der Waals surface area contributed by atoms with Gasteiger partial charge in [-0.2, -0.15) is 5.10 Å². The number of carbonyl (C=O) groups excluding carboxylic acids is 1. The van der Waals surface area contributed by atoms with Crippen LogP contribution in [-0.2, 0) is 4.79 Å². The number of methoxy groups -OCH3 is 1. The maximum absolute atomic E-state index is 13.2. The SMILES string of the molecule is CCN(CC)CC(=O)N1N=C(c2cc(C)ccc2C)C[C@H]1c1ccccc1OC. The summed E-state index contributed by atoms with van der Waals surface area (Å²) < 4.78 is 5.59. The van der Waals surface area contributed by atoms with Gasteiger partial charge in [0.05, 0.1) is 25.4 Å². The minimum absolute atomic E-state index is 0.0184. The summed E-state index contributed by atoms with van der Waals surface area (Å²) in [7, 11) is 1.67. The Morgan fingerprint density at radius 1 is 1.17 bits per heavy atom. The number of hydrazone groups is 1. The quantitative estimate of drug-likeness (QED) is 0.703. The number of rotatable bonds is 7. The highest BCUT2D eigenvalue weighted by Gasteiger charge is 2.35. The Bertz CT molecular complexity index is 903. The van der Waals surface area contributed by atoms with Gasteiger partial charge >= 0.3 is 0 Å². The zero-order chi connectivity index (χ0) is 21.0. The highest BCUT2D eigenvalue weighted by atomic mass is 16.5. The van der Waals surface area contributed by atoms with Crippen molar-refractivity contribution in [3.05, 3.63) is 64.7 Å². The third kappa shape index (κ3) is 4.51. The number of nitrogens with zero attached hydrogens (tertiary/aromatic N) is 3. The second-order valence-electron chi connectivity index (χ2n) is 7.53. The van der Waals surface area contributed by atoms with Crippen molar-refractivity contribution < 1.29 is 9.53 Å². The molecule has 1 heterocycles. The third-order valence-electron chi connectivity index (χ3n) is 5.62. The lowest BCUT2D eigenvalue weighted by atomic mass is 9.94. The number of likely N-dealkylation sites (N-methyl/N-ethyl adjacent to an activating group) is 1. The van der Waals surface area contributed by atoms with Crippen LogP contribution in [0.2, 0.25) is 0 Å². The van der Waals surface area contributed by atoms with Crippen molar-refractivity contribution >= 4 is 11.6 Å². The summed E-state index contributed by atoms with van der Waals surface area (Å²) in [6.45, 7) is 10.4. The van der Waals surface area contributed by atoms with Crippen molar-refractivity contribution in [1.29, 1.82) is 0 Å². The summed E-state index contributed by atoms with van der Waals surface area (Å²) in [4.78, 5) is 15.3. The first kappa shape index (κ1) is 21.1. The fourth-order valence-electron chi connectivity index (χ4n) is 3.84. The van der Waals surface area contributed by atoms with Crippen LogP contribution in [0.15, 0.2) is 47.6 Å². The van der Waals surface area contributed by atoms with Crippen LogP contribution in [0.25, 0.3) is 0 Å². The van der Waals surface area contributed by atoms with E-state index in [-0.39, 0.29) is 11.9 Å². The average molecular weight is 394 g/mol. The highest BCUT2D eigenvalue weighted by molar-refractivity contribution is 6.04. The molecule has 0 aliphatic carbocycles. The molecule has 0 unspecified atom stereocenters. The van der Waals surface area contributed by atoms with E-state index in [1.54, 1.807) is 12.1 Å². The van der Waals surface area contributed by atoms with Crippen LogP contribution in [0.1, 0.15) is 48.6 Å². The molecule has 0 saturated heterocycles. The van der Waals surface area contributed by atoms with E-state index in [9.17, 15) is 4.79 Å². The molecule has 5 nitrogen and oxygen atoms in total. The standard InChI is InChI=1S/C24H31N3O2/c1-6-26(7-2)16-24(28)27-22(19-10-8-9-11-23(19)29-5)15-21(25-27)20-14-17(3)12-13-18(20)4/h8-14,22H,6-7,15-16H2,1-5H3/t22-/m0/s1. The normalized spacial score (nSPS) is 16.3. The molecule has 0 N–H and O–H groups in total. The molecule has 1 aliphatic rings. The van der Waals surface area contributed by atoms with Gasteiger partial charge in [0, 0.05) is 17.5 Å². The van der Waals surface area contributed by atoms with Crippen molar-refractivity contribution in [2.45, 2.75) is 40.2 Å². The summed E-state index contributed by atoms with van der Waals surface area (Å²) in [5.41, 5.74) is 5.42. The van der Waals surface area contributed by atoms with E-state index in [1.165, 1.54) is 11.1 Å². The number of aryl methyl sites for hydroxylation is 2. The molecule has 0 spiro atoms. The summed E-state index contributed by atoms with van der Waals surface area (Å²) in [6, 6.07) is 14.1. The molecule has 1 aliphatic heterocycles. The topological polar surface area (TPSA) is 45.1 Å². The molecule has 0 fully saturated rings. The van der Waals surface area contributed by atoms with Crippen LogP contribution in [0, 0.1) is 13.8 Å². The Kier molecular flexibility index (Phi) is 6.70. The van der Waals surface area contributed by atoms with Crippen LogP contribution in [0.3, 0.4) is 0 Å². The van der Waals surface area contributed by atoms with Gasteiger partial charge in [0.25, 0.3) is 5.91 Å². The molecule has 0 radical (unpaired) electrons. The van der Waals surface area contributed by atoms with Gasteiger partial charge in [-0.25, -0.2) is 5.01 Å². The maximum atomic E-state index is 13.2. The van der Waals surface area contributed by atoms with Gasteiger partial charge in [0.2, 0.25) is 0 Å². The number of hydrogen-bond acceptors (Lipinski definition) is 4. The lowest BCUT2D eigenvalue weighted by Crippen LogP contribution is -2.38. The third-order valence-corrected chi connectivity index (χ3v) is 5.62. The first-order chi connectivity index (χ1) is 14.0. The Hall–Kier alpha value is -2.66. The maximum Gasteiger partial charge on any atom is 0.257 e. The van der Waals surface area contributed by atoms with Gasteiger partial charge in [-0.05, 0) is 44.6 Å². The Morgan fingerprint density at radius 3 is 2.59 bits per heavy atom. The summed E-state index contributed by atoms with van der Waals surface area (Å²) in [5.74, 6) is 0.806. The first-order valence-corrected chi connectivity index (χ1v) is 10.3. The minimum Gasteiger partial charge on any atom is -0.496 e. The van der Waals surface area contributed by atoms with Gasteiger partial charge in [0.1, 0.15) is 5.75 Å². The molecule has 29 heavy (non-hydrogen) atoms. The number of ether oxygens (including phenoxy) is 1. The van der Waals surface area contributed by atoms with Crippen LogP contribution < -0.4 is 4.74 Å². The van der Waals surface area contributed by atoms with E-state index < -0.39 is 0 Å². The van der Waals surface area contributed by atoms with Gasteiger partial charge in [0.15, 0.2) is 0 Å². The lowest BCUT2D eigenvalue weighted by molar-refractivity contribution is -0.134.